The van der Waals surface area contributed by atoms with Crippen molar-refractivity contribution >= 4 is 23.1 Å². The van der Waals surface area contributed by atoms with Gasteiger partial charge in [0.25, 0.3) is 11.7 Å². The molecule has 0 bridgehead atoms. The third-order valence-corrected chi connectivity index (χ3v) is 5.37. The summed E-state index contributed by atoms with van der Waals surface area (Å²) in [5.74, 6) is -2.49. The fourth-order valence-corrected chi connectivity index (χ4v) is 4.02. The maximum atomic E-state index is 13.2. The van der Waals surface area contributed by atoms with E-state index in [1.165, 1.54) is 12.1 Å². The van der Waals surface area contributed by atoms with Crippen LogP contribution in [0.25, 0.3) is 5.76 Å². The van der Waals surface area contributed by atoms with Crippen LogP contribution in [0.5, 0.6) is 11.5 Å². The quantitative estimate of drug-likeness (QED) is 0.257. The molecule has 1 atom stereocenters. The largest absolute Gasteiger partial charge is 0.573 e. The fraction of sp³-hybridized carbons (Fsp3) is 0.185. The summed E-state index contributed by atoms with van der Waals surface area (Å²) in [6.07, 6.45) is -5.07. The zero-order valence-corrected chi connectivity index (χ0v) is 19.3. The van der Waals surface area contributed by atoms with Gasteiger partial charge in [-0.15, -0.1) is 13.2 Å². The first-order valence-electron chi connectivity index (χ1n) is 11.0. The molecule has 0 aromatic heterocycles. The average Bonchev–Trinajstić information content (AvgIpc) is 3.08. The summed E-state index contributed by atoms with van der Waals surface area (Å²) in [7, 11) is 0. The second-order valence-corrected chi connectivity index (χ2v) is 8.32. The maximum absolute atomic E-state index is 13.2. The van der Waals surface area contributed by atoms with Gasteiger partial charge in [0.1, 0.15) is 17.3 Å². The molecule has 0 saturated carbocycles. The van der Waals surface area contributed by atoms with Crippen LogP contribution in [0.4, 0.5) is 18.9 Å². The SMILES string of the molecule is CC(C)Oc1cccc(/C(O)=C2\C(=O)C(=O)N(c3cccc(OC(F)(F)F)c3)C2c2ccccc2)c1. The normalized spacial score (nSPS) is 17.5. The van der Waals surface area contributed by atoms with Crippen molar-refractivity contribution in [2.24, 2.45) is 0 Å². The zero-order chi connectivity index (χ0) is 26.0. The predicted molar refractivity (Wildman–Crippen MR) is 127 cm³/mol. The number of rotatable bonds is 6. The van der Waals surface area contributed by atoms with E-state index in [0.29, 0.717) is 11.3 Å². The molecule has 3 aromatic carbocycles. The molecule has 1 fully saturated rings. The molecule has 1 amide bonds. The Kier molecular flexibility index (Phi) is 6.74. The van der Waals surface area contributed by atoms with Crippen molar-refractivity contribution in [2.75, 3.05) is 4.90 Å². The maximum Gasteiger partial charge on any atom is 0.573 e. The van der Waals surface area contributed by atoms with Crippen LogP contribution in [-0.2, 0) is 9.59 Å². The number of alkyl halides is 3. The fourth-order valence-electron chi connectivity index (χ4n) is 4.02. The Balaban J connectivity index is 1.86. The van der Waals surface area contributed by atoms with E-state index in [9.17, 15) is 27.9 Å². The molecule has 1 saturated heterocycles. The highest BCUT2D eigenvalue weighted by atomic mass is 19.4. The summed E-state index contributed by atoms with van der Waals surface area (Å²) in [6, 6.07) is 18.6. The number of hydrogen-bond acceptors (Lipinski definition) is 5. The molecule has 6 nitrogen and oxygen atoms in total. The van der Waals surface area contributed by atoms with Crippen molar-refractivity contribution in [3.8, 4) is 11.5 Å². The number of nitrogens with zero attached hydrogens (tertiary/aromatic N) is 1. The highest BCUT2D eigenvalue weighted by molar-refractivity contribution is 6.51. The molecule has 3 aromatic rings. The Morgan fingerprint density at radius 3 is 2.25 bits per heavy atom. The highest BCUT2D eigenvalue weighted by Gasteiger charge is 2.47. The Hall–Kier alpha value is -4.27. The van der Waals surface area contributed by atoms with Gasteiger partial charge in [0, 0.05) is 17.3 Å². The van der Waals surface area contributed by atoms with Gasteiger partial charge >= 0.3 is 6.36 Å². The molecular formula is C27H22F3NO5. The lowest BCUT2D eigenvalue weighted by Gasteiger charge is -2.26. The van der Waals surface area contributed by atoms with Crippen molar-refractivity contribution < 1.29 is 37.3 Å². The van der Waals surface area contributed by atoms with Gasteiger partial charge in [0.05, 0.1) is 17.7 Å². The molecule has 36 heavy (non-hydrogen) atoms. The molecular weight excluding hydrogens is 475 g/mol. The zero-order valence-electron chi connectivity index (χ0n) is 19.3. The number of carbonyl (C=O) groups excluding carboxylic acids is 2. The minimum Gasteiger partial charge on any atom is -0.507 e. The topological polar surface area (TPSA) is 76.1 Å². The smallest absolute Gasteiger partial charge is 0.507 e. The van der Waals surface area contributed by atoms with Crippen LogP contribution in [0.3, 0.4) is 0 Å². The van der Waals surface area contributed by atoms with E-state index >= 15 is 0 Å². The first kappa shape index (κ1) is 24.8. The first-order valence-corrected chi connectivity index (χ1v) is 11.0. The lowest BCUT2D eigenvalue weighted by atomic mass is 9.95. The summed E-state index contributed by atoms with van der Waals surface area (Å²) in [6.45, 7) is 3.67. The third-order valence-electron chi connectivity index (χ3n) is 5.37. The van der Waals surface area contributed by atoms with Gasteiger partial charge in [-0.3, -0.25) is 14.5 Å². The van der Waals surface area contributed by atoms with Gasteiger partial charge in [-0.05, 0) is 43.7 Å². The van der Waals surface area contributed by atoms with Crippen LogP contribution >= 0.6 is 0 Å². The van der Waals surface area contributed by atoms with Crippen LogP contribution in [0.2, 0.25) is 0 Å². The number of ether oxygens (including phenoxy) is 2. The Labute approximate surface area is 205 Å². The van der Waals surface area contributed by atoms with Crippen LogP contribution in [0.1, 0.15) is 31.0 Å². The van der Waals surface area contributed by atoms with Crippen LogP contribution in [0.15, 0.2) is 84.4 Å². The van der Waals surface area contributed by atoms with Crippen LogP contribution < -0.4 is 14.4 Å². The molecule has 1 aliphatic rings. The molecule has 0 aliphatic carbocycles. The number of aliphatic hydroxyl groups is 1. The standard InChI is InChI=1S/C27H22F3NO5/c1-16(2)35-20-12-6-10-18(14-20)24(32)22-23(17-8-4-3-5-9-17)31(26(34)25(22)33)19-11-7-13-21(15-19)36-27(28,29)30/h3-16,23,32H,1-2H3/b24-22+. The van der Waals surface area contributed by atoms with Crippen molar-refractivity contribution in [1.82, 2.24) is 0 Å². The Bertz CT molecular complexity index is 1320. The summed E-state index contributed by atoms with van der Waals surface area (Å²) in [5, 5.41) is 11.2. The second kappa shape index (κ2) is 9.77. The van der Waals surface area contributed by atoms with Gasteiger partial charge in [-0.1, -0.05) is 48.5 Å². The van der Waals surface area contributed by atoms with Gasteiger partial charge in [-0.25, -0.2) is 0 Å². The molecule has 1 unspecified atom stereocenters. The number of carbonyl (C=O) groups is 2. The second-order valence-electron chi connectivity index (χ2n) is 8.32. The monoisotopic (exact) mass is 497 g/mol. The number of ketones is 1. The molecule has 1 aliphatic heterocycles. The minimum atomic E-state index is -4.94. The third kappa shape index (κ3) is 5.19. The summed E-state index contributed by atoms with van der Waals surface area (Å²) < 4.78 is 48.0. The van der Waals surface area contributed by atoms with E-state index in [-0.39, 0.29) is 22.9 Å². The molecule has 186 valence electrons. The number of aliphatic hydroxyl groups excluding tert-OH is 1. The molecule has 9 heteroatoms. The van der Waals surface area contributed by atoms with Gasteiger partial charge in [-0.2, -0.15) is 0 Å². The van der Waals surface area contributed by atoms with Crippen LogP contribution in [-0.4, -0.2) is 29.3 Å². The molecule has 4 rings (SSSR count). The van der Waals surface area contributed by atoms with Crippen molar-refractivity contribution in [3.05, 3.63) is 95.6 Å². The van der Waals surface area contributed by atoms with Gasteiger partial charge in [0.2, 0.25) is 0 Å². The average molecular weight is 497 g/mol. The van der Waals surface area contributed by atoms with Crippen molar-refractivity contribution in [1.29, 1.82) is 0 Å². The molecule has 0 radical (unpaired) electrons. The Morgan fingerprint density at radius 2 is 1.58 bits per heavy atom. The van der Waals surface area contributed by atoms with Crippen molar-refractivity contribution in [2.45, 2.75) is 32.4 Å². The van der Waals surface area contributed by atoms with Gasteiger partial charge < -0.3 is 14.6 Å². The summed E-state index contributed by atoms with van der Waals surface area (Å²) >= 11 is 0. The van der Waals surface area contributed by atoms with E-state index in [1.807, 2.05) is 13.8 Å². The molecule has 1 heterocycles. The van der Waals surface area contributed by atoms with E-state index in [1.54, 1.807) is 54.6 Å². The van der Waals surface area contributed by atoms with E-state index < -0.39 is 35.6 Å². The summed E-state index contributed by atoms with van der Waals surface area (Å²) in [5.41, 5.74) is 0.537. The predicted octanol–water partition coefficient (Wildman–Crippen LogP) is 6.00. The number of amides is 1. The minimum absolute atomic E-state index is 0.00337. The highest BCUT2D eigenvalue weighted by Crippen LogP contribution is 2.43. The lowest BCUT2D eigenvalue weighted by Crippen LogP contribution is -2.29. The molecule has 1 N–H and O–H groups in total. The number of hydrogen-bond donors (Lipinski definition) is 1. The van der Waals surface area contributed by atoms with E-state index in [4.69, 9.17) is 4.74 Å². The molecule has 0 spiro atoms. The van der Waals surface area contributed by atoms with E-state index in [2.05, 4.69) is 4.74 Å². The van der Waals surface area contributed by atoms with Gasteiger partial charge in [0.15, 0.2) is 0 Å². The Morgan fingerprint density at radius 1 is 0.917 bits per heavy atom. The van der Waals surface area contributed by atoms with Crippen molar-refractivity contribution in [3.63, 3.8) is 0 Å². The summed E-state index contributed by atoms with van der Waals surface area (Å²) in [4.78, 5) is 27.5. The lowest BCUT2D eigenvalue weighted by molar-refractivity contribution is -0.274. The number of anilines is 1. The van der Waals surface area contributed by atoms with E-state index in [0.717, 1.165) is 17.0 Å². The number of Topliss-reactive ketones (excluding diaryl/α,β-unsaturated/α-hetero) is 1. The first-order chi connectivity index (χ1) is 17.0. The number of halogens is 3. The van der Waals surface area contributed by atoms with Crippen LogP contribution in [0, 0.1) is 0 Å². The number of benzene rings is 3.